The van der Waals surface area contributed by atoms with Gasteiger partial charge >= 0.3 is 5.97 Å². The molecule has 0 amide bonds. The van der Waals surface area contributed by atoms with E-state index in [-0.39, 0.29) is 12.1 Å². The lowest BCUT2D eigenvalue weighted by Gasteiger charge is -2.08. The average Bonchev–Trinajstić information content (AvgIpc) is 2.50. The van der Waals surface area contributed by atoms with E-state index in [0.29, 0.717) is 19.6 Å². The van der Waals surface area contributed by atoms with Gasteiger partial charge in [-0.05, 0) is 44.0 Å². The third-order valence-corrected chi connectivity index (χ3v) is 3.10. The molecule has 1 unspecified atom stereocenters. The molecule has 1 rings (SSSR count). The Labute approximate surface area is 138 Å². The van der Waals surface area contributed by atoms with Gasteiger partial charge in [0, 0.05) is 0 Å². The van der Waals surface area contributed by atoms with Crippen LogP contribution >= 0.6 is 9.24 Å². The van der Waals surface area contributed by atoms with Crippen LogP contribution in [-0.4, -0.2) is 31.4 Å². The SMILES string of the molecule is CC.CC(C)OC(=O)CCOCCc1ccc(CCP)cc1. The molecule has 1 aromatic carbocycles. The lowest BCUT2D eigenvalue weighted by atomic mass is 10.1. The fraction of sp³-hybridized carbons (Fsp3) is 0.611. The highest BCUT2D eigenvalue weighted by Gasteiger charge is 2.04. The summed E-state index contributed by atoms with van der Waals surface area (Å²) in [6.45, 7) is 8.76. The van der Waals surface area contributed by atoms with Crippen LogP contribution in [0.15, 0.2) is 24.3 Å². The summed E-state index contributed by atoms with van der Waals surface area (Å²) < 4.78 is 10.5. The second-order valence-electron chi connectivity index (χ2n) is 5.01. The van der Waals surface area contributed by atoms with Gasteiger partial charge < -0.3 is 9.47 Å². The molecule has 0 saturated heterocycles. The molecule has 1 aromatic rings. The molecule has 0 aliphatic heterocycles. The van der Waals surface area contributed by atoms with E-state index in [1.165, 1.54) is 11.1 Å². The highest BCUT2D eigenvalue weighted by molar-refractivity contribution is 7.16. The largest absolute Gasteiger partial charge is 0.463 e. The van der Waals surface area contributed by atoms with Crippen LogP contribution in [0, 0.1) is 0 Å². The zero-order valence-corrected chi connectivity index (χ0v) is 15.6. The molecule has 0 aromatic heterocycles. The van der Waals surface area contributed by atoms with Crippen molar-refractivity contribution in [1.82, 2.24) is 0 Å². The van der Waals surface area contributed by atoms with Gasteiger partial charge in [-0.25, -0.2) is 0 Å². The number of hydrogen-bond donors (Lipinski definition) is 0. The van der Waals surface area contributed by atoms with Crippen molar-refractivity contribution < 1.29 is 14.3 Å². The molecule has 126 valence electrons. The van der Waals surface area contributed by atoms with Crippen molar-refractivity contribution in [2.24, 2.45) is 0 Å². The van der Waals surface area contributed by atoms with Gasteiger partial charge in [0.25, 0.3) is 0 Å². The quantitative estimate of drug-likeness (QED) is 0.390. The first-order chi connectivity index (χ1) is 10.6. The molecular formula is C18H31O3P. The monoisotopic (exact) mass is 326 g/mol. The summed E-state index contributed by atoms with van der Waals surface area (Å²) in [6.07, 6.45) is 3.34. The Morgan fingerprint density at radius 1 is 1.05 bits per heavy atom. The van der Waals surface area contributed by atoms with Gasteiger partial charge in [0.1, 0.15) is 0 Å². The lowest BCUT2D eigenvalue weighted by molar-refractivity contribution is -0.148. The predicted octanol–water partition coefficient (Wildman–Crippen LogP) is 4.03. The number of carbonyl (C=O) groups excluding carboxylic acids is 1. The number of benzene rings is 1. The van der Waals surface area contributed by atoms with Crippen LogP contribution in [0.25, 0.3) is 0 Å². The normalized spacial score (nSPS) is 10.1. The minimum Gasteiger partial charge on any atom is -0.463 e. The van der Waals surface area contributed by atoms with E-state index >= 15 is 0 Å². The molecule has 0 saturated carbocycles. The summed E-state index contributed by atoms with van der Waals surface area (Å²) in [7, 11) is 2.74. The molecule has 22 heavy (non-hydrogen) atoms. The minimum atomic E-state index is -0.193. The summed E-state index contributed by atoms with van der Waals surface area (Å²) in [6, 6.07) is 8.62. The maximum Gasteiger partial charge on any atom is 0.308 e. The highest BCUT2D eigenvalue weighted by atomic mass is 31.0. The van der Waals surface area contributed by atoms with Crippen molar-refractivity contribution in [2.45, 2.75) is 53.1 Å². The number of hydrogen-bond acceptors (Lipinski definition) is 3. The first-order valence-corrected chi connectivity index (χ1v) is 8.98. The van der Waals surface area contributed by atoms with Gasteiger partial charge in [-0.3, -0.25) is 4.79 Å². The van der Waals surface area contributed by atoms with Crippen LogP contribution in [0.4, 0.5) is 0 Å². The number of aryl methyl sites for hydroxylation is 1. The molecule has 0 radical (unpaired) electrons. The van der Waals surface area contributed by atoms with E-state index in [9.17, 15) is 4.79 Å². The van der Waals surface area contributed by atoms with Gasteiger partial charge in [0.05, 0.1) is 25.7 Å². The van der Waals surface area contributed by atoms with Gasteiger partial charge in [-0.15, -0.1) is 9.24 Å². The minimum absolute atomic E-state index is 0.0532. The van der Waals surface area contributed by atoms with Crippen molar-refractivity contribution >= 4 is 15.2 Å². The first kappa shape index (κ1) is 21.1. The lowest BCUT2D eigenvalue weighted by Crippen LogP contribution is -2.14. The molecule has 0 fully saturated rings. The Kier molecular flexibility index (Phi) is 13.1. The maximum absolute atomic E-state index is 11.3. The molecule has 3 nitrogen and oxygen atoms in total. The van der Waals surface area contributed by atoms with Gasteiger partial charge in [0.15, 0.2) is 0 Å². The second kappa shape index (κ2) is 13.7. The Balaban J connectivity index is 0.00000211. The van der Waals surface area contributed by atoms with Crippen molar-refractivity contribution in [1.29, 1.82) is 0 Å². The van der Waals surface area contributed by atoms with Crippen LogP contribution in [0.5, 0.6) is 0 Å². The van der Waals surface area contributed by atoms with Crippen LogP contribution in [0.2, 0.25) is 0 Å². The third kappa shape index (κ3) is 10.8. The zero-order chi connectivity index (χ0) is 16.8. The van der Waals surface area contributed by atoms with Crippen molar-refractivity contribution in [3.05, 3.63) is 35.4 Å². The summed E-state index contributed by atoms with van der Waals surface area (Å²) in [5.41, 5.74) is 2.63. The molecular weight excluding hydrogens is 295 g/mol. The van der Waals surface area contributed by atoms with E-state index in [2.05, 4.69) is 33.5 Å². The van der Waals surface area contributed by atoms with Crippen molar-refractivity contribution in [3.63, 3.8) is 0 Å². The number of carbonyl (C=O) groups is 1. The van der Waals surface area contributed by atoms with E-state index in [1.54, 1.807) is 0 Å². The molecule has 0 heterocycles. The summed E-state index contributed by atoms with van der Waals surface area (Å²) in [5.74, 6) is -0.193. The smallest absolute Gasteiger partial charge is 0.308 e. The predicted molar refractivity (Wildman–Crippen MR) is 96.4 cm³/mol. The van der Waals surface area contributed by atoms with Crippen LogP contribution < -0.4 is 0 Å². The van der Waals surface area contributed by atoms with Crippen LogP contribution in [0.1, 0.15) is 45.2 Å². The average molecular weight is 326 g/mol. The van der Waals surface area contributed by atoms with Crippen LogP contribution in [0.3, 0.4) is 0 Å². The Morgan fingerprint density at radius 3 is 2.09 bits per heavy atom. The molecule has 0 spiro atoms. The van der Waals surface area contributed by atoms with E-state index in [1.807, 2.05) is 27.7 Å². The molecule has 0 N–H and O–H groups in total. The van der Waals surface area contributed by atoms with E-state index < -0.39 is 0 Å². The van der Waals surface area contributed by atoms with Gasteiger partial charge in [0.2, 0.25) is 0 Å². The van der Waals surface area contributed by atoms with Crippen molar-refractivity contribution in [3.8, 4) is 0 Å². The number of rotatable bonds is 9. The Bertz CT molecular complexity index is 388. The zero-order valence-electron chi connectivity index (χ0n) is 14.4. The highest BCUT2D eigenvalue weighted by Crippen LogP contribution is 2.07. The fourth-order valence-electron chi connectivity index (χ4n) is 1.81. The van der Waals surface area contributed by atoms with E-state index in [4.69, 9.17) is 9.47 Å². The fourth-order valence-corrected chi connectivity index (χ4v) is 2.14. The summed E-state index contributed by atoms with van der Waals surface area (Å²) >= 11 is 0. The molecule has 0 bridgehead atoms. The second-order valence-corrected chi connectivity index (χ2v) is 5.58. The summed E-state index contributed by atoms with van der Waals surface area (Å²) in [5, 5.41) is 0. The number of esters is 1. The Hall–Kier alpha value is -0.920. The maximum atomic E-state index is 11.3. The summed E-state index contributed by atoms with van der Waals surface area (Å²) in [4.78, 5) is 11.3. The van der Waals surface area contributed by atoms with Gasteiger partial charge in [-0.2, -0.15) is 0 Å². The standard InChI is InChI=1S/C16H25O3P.C2H6/c1-13(2)19-16(17)8-11-18-10-7-14-3-5-15(6-4-14)9-12-20;1-2/h3-6,13H,7-12,20H2,1-2H3;1-2H3. The van der Waals surface area contributed by atoms with Crippen molar-refractivity contribution in [2.75, 3.05) is 19.4 Å². The van der Waals surface area contributed by atoms with E-state index in [0.717, 1.165) is 19.0 Å². The van der Waals surface area contributed by atoms with Crippen LogP contribution in [-0.2, 0) is 27.1 Å². The first-order valence-electron chi connectivity index (χ1n) is 8.17. The molecule has 4 heteroatoms. The number of ether oxygens (including phenoxy) is 2. The molecule has 0 aliphatic rings. The topological polar surface area (TPSA) is 35.5 Å². The molecule has 0 aliphatic carbocycles. The van der Waals surface area contributed by atoms with Gasteiger partial charge in [-0.1, -0.05) is 38.1 Å². The molecule has 1 atom stereocenters. The third-order valence-electron chi connectivity index (χ3n) is 2.81. The Morgan fingerprint density at radius 2 is 1.59 bits per heavy atom.